The number of nitrogens with one attached hydrogen (secondary N) is 1. The van der Waals surface area contributed by atoms with Crippen LogP contribution < -0.4 is 10.5 Å². The molecule has 3 aromatic rings. The van der Waals surface area contributed by atoms with E-state index in [4.69, 9.17) is 34.8 Å². The zero-order valence-electron chi connectivity index (χ0n) is 20.1. The molecule has 1 aromatic heterocycles. The van der Waals surface area contributed by atoms with E-state index < -0.39 is 22.5 Å². The summed E-state index contributed by atoms with van der Waals surface area (Å²) in [5.74, 6) is -0.905. The first-order chi connectivity index (χ1) is 18.4. The number of rotatable bonds is 5. The van der Waals surface area contributed by atoms with Crippen molar-refractivity contribution in [3.05, 3.63) is 79.2 Å². The van der Waals surface area contributed by atoms with Crippen molar-refractivity contribution in [2.24, 2.45) is 0 Å². The lowest BCUT2D eigenvalue weighted by Crippen LogP contribution is -2.35. The predicted octanol–water partition coefficient (Wildman–Crippen LogP) is 6.50. The Morgan fingerprint density at radius 3 is 2.36 bits per heavy atom. The Kier molecular flexibility index (Phi) is 7.58. The Morgan fingerprint density at radius 2 is 1.72 bits per heavy atom. The van der Waals surface area contributed by atoms with E-state index in [9.17, 15) is 28.3 Å². The van der Waals surface area contributed by atoms with Crippen LogP contribution in [0.1, 0.15) is 46.4 Å². The summed E-state index contributed by atoms with van der Waals surface area (Å²) in [7, 11) is 0. The van der Waals surface area contributed by atoms with Crippen molar-refractivity contribution in [1.29, 1.82) is 0 Å². The molecule has 3 heterocycles. The molecule has 13 heteroatoms. The van der Waals surface area contributed by atoms with Gasteiger partial charge in [0.05, 0.1) is 15.7 Å². The third kappa shape index (κ3) is 5.48. The Labute approximate surface area is 240 Å². The fraction of sp³-hybridized carbons (Fsp3) is 0.269. The number of fused-ring (bicyclic) bond motifs is 1. The van der Waals surface area contributed by atoms with Crippen molar-refractivity contribution >= 4 is 64.1 Å². The zero-order chi connectivity index (χ0) is 28.1. The van der Waals surface area contributed by atoms with Gasteiger partial charge in [-0.15, -0.1) is 0 Å². The number of hydrogen-bond acceptors (Lipinski definition) is 5. The summed E-state index contributed by atoms with van der Waals surface area (Å²) in [4.78, 5) is 44.2. The molecule has 2 aliphatic rings. The number of halogens is 5. The van der Waals surface area contributed by atoms with Crippen LogP contribution in [0.2, 0.25) is 10.0 Å². The van der Waals surface area contributed by atoms with E-state index in [1.165, 1.54) is 28.0 Å². The van der Waals surface area contributed by atoms with Gasteiger partial charge < -0.3 is 19.9 Å². The number of nitrogens with zero attached hydrogens (tertiary/aromatic N) is 2. The van der Waals surface area contributed by atoms with Crippen molar-refractivity contribution in [2.45, 2.75) is 47.5 Å². The number of hydrogen-bond donors (Lipinski definition) is 2. The SMILES string of the molecule is O=C(c1c(Sc2c(Cl)cccc2Cl)cc(C(F)(F)Cl)[nH]c1=O)N1Cc2cc(O)c(N3CCCCC3=O)cc2C1. The van der Waals surface area contributed by atoms with E-state index in [1.54, 1.807) is 12.1 Å². The van der Waals surface area contributed by atoms with Gasteiger partial charge >= 0.3 is 5.38 Å². The normalized spacial score (nSPS) is 15.6. The second kappa shape index (κ2) is 10.6. The Hall–Kier alpha value is -2.79. The summed E-state index contributed by atoms with van der Waals surface area (Å²) in [6.07, 6.45) is 1.98. The van der Waals surface area contributed by atoms with Gasteiger partial charge in [0.1, 0.15) is 17.0 Å². The number of carbonyl (C=O) groups is 2. The molecular weight excluding hydrogens is 595 g/mol. The molecule has 0 radical (unpaired) electrons. The number of phenolic OH excluding ortho intramolecular Hbond substituents is 1. The molecule has 7 nitrogen and oxygen atoms in total. The molecule has 0 unspecified atom stereocenters. The lowest BCUT2D eigenvalue weighted by molar-refractivity contribution is -0.119. The maximum Gasteiger partial charge on any atom is 0.362 e. The van der Waals surface area contributed by atoms with Crippen molar-refractivity contribution in [3.63, 3.8) is 0 Å². The monoisotopic (exact) mass is 613 g/mol. The summed E-state index contributed by atoms with van der Waals surface area (Å²) in [5.41, 5.74) is -0.632. The zero-order valence-corrected chi connectivity index (χ0v) is 23.2. The molecule has 0 bridgehead atoms. The first-order valence-electron chi connectivity index (χ1n) is 11.8. The van der Waals surface area contributed by atoms with Gasteiger partial charge in [-0.25, -0.2) is 0 Å². The average Bonchev–Trinajstić information content (AvgIpc) is 3.28. The van der Waals surface area contributed by atoms with Crippen LogP contribution in [-0.4, -0.2) is 33.3 Å². The first-order valence-corrected chi connectivity index (χ1v) is 13.8. The second-order valence-electron chi connectivity index (χ2n) is 9.18. The molecule has 0 saturated carbocycles. The number of aromatic hydroxyl groups is 1. The van der Waals surface area contributed by atoms with Gasteiger partial charge in [0.25, 0.3) is 11.5 Å². The van der Waals surface area contributed by atoms with E-state index in [0.717, 1.165) is 30.7 Å². The molecule has 1 fully saturated rings. The van der Waals surface area contributed by atoms with Crippen molar-refractivity contribution in [1.82, 2.24) is 9.88 Å². The fourth-order valence-electron chi connectivity index (χ4n) is 4.67. The van der Waals surface area contributed by atoms with E-state index in [1.807, 2.05) is 4.98 Å². The van der Waals surface area contributed by atoms with Crippen LogP contribution in [0.25, 0.3) is 0 Å². The number of H-pyrrole nitrogens is 1. The first kappa shape index (κ1) is 27.8. The van der Waals surface area contributed by atoms with Crippen LogP contribution in [0.5, 0.6) is 5.75 Å². The smallest absolute Gasteiger partial charge is 0.362 e. The number of carbonyl (C=O) groups excluding carboxylic acids is 2. The van der Waals surface area contributed by atoms with Gasteiger partial charge in [0.15, 0.2) is 0 Å². The van der Waals surface area contributed by atoms with Crippen molar-refractivity contribution in [2.75, 3.05) is 11.4 Å². The fourth-order valence-corrected chi connectivity index (χ4v) is 6.41. The number of aromatic nitrogens is 1. The third-order valence-electron chi connectivity index (χ3n) is 6.57. The third-order valence-corrected chi connectivity index (χ3v) is 8.81. The Bertz CT molecular complexity index is 1540. The molecule has 2 N–H and O–H groups in total. The maximum atomic E-state index is 14.0. The number of benzene rings is 2. The predicted molar refractivity (Wildman–Crippen MR) is 145 cm³/mol. The van der Waals surface area contributed by atoms with Crippen LogP contribution >= 0.6 is 46.6 Å². The number of aromatic amines is 1. The van der Waals surface area contributed by atoms with Gasteiger partial charge in [-0.3, -0.25) is 14.4 Å². The highest BCUT2D eigenvalue weighted by molar-refractivity contribution is 7.99. The summed E-state index contributed by atoms with van der Waals surface area (Å²) in [6.45, 7) is 0.610. The molecule has 0 atom stereocenters. The quantitative estimate of drug-likeness (QED) is 0.320. The van der Waals surface area contributed by atoms with Crippen LogP contribution in [0.15, 0.2) is 51.0 Å². The van der Waals surface area contributed by atoms with Gasteiger partial charge in [-0.05, 0) is 65.9 Å². The molecule has 1 saturated heterocycles. The standard InChI is InChI=1S/C26H20Cl3F2N3O4S/c27-15-4-3-5-16(28)23(15)39-19-10-20(26(29,30)31)32-24(37)22(19)25(38)33-11-13-8-17(18(35)9-14(13)12-33)34-7-2-1-6-21(34)36/h3-5,8-10,35H,1-2,6-7,11-12H2,(H,32,37). The minimum absolute atomic E-state index is 0.0553. The van der Waals surface area contributed by atoms with Gasteiger partial charge in [-0.2, -0.15) is 8.78 Å². The van der Waals surface area contributed by atoms with E-state index >= 15 is 0 Å². The maximum absolute atomic E-state index is 14.0. The Balaban J connectivity index is 1.51. The topological polar surface area (TPSA) is 93.7 Å². The summed E-state index contributed by atoms with van der Waals surface area (Å²) in [5, 5.41) is 7.14. The summed E-state index contributed by atoms with van der Waals surface area (Å²) < 4.78 is 27.9. The van der Waals surface area contributed by atoms with Gasteiger partial charge in [0.2, 0.25) is 5.91 Å². The molecule has 0 aliphatic carbocycles. The molecule has 39 heavy (non-hydrogen) atoms. The molecule has 0 spiro atoms. The van der Waals surface area contributed by atoms with E-state index in [0.29, 0.717) is 29.8 Å². The Morgan fingerprint density at radius 1 is 1.05 bits per heavy atom. The lowest BCUT2D eigenvalue weighted by atomic mass is 10.1. The van der Waals surface area contributed by atoms with Crippen LogP contribution in [-0.2, 0) is 23.3 Å². The number of piperidine rings is 1. The largest absolute Gasteiger partial charge is 0.506 e. The number of pyridine rings is 1. The highest BCUT2D eigenvalue weighted by Gasteiger charge is 2.35. The van der Waals surface area contributed by atoms with Crippen LogP contribution in [0.3, 0.4) is 0 Å². The minimum Gasteiger partial charge on any atom is -0.506 e. The summed E-state index contributed by atoms with van der Waals surface area (Å²) >= 11 is 18.5. The van der Waals surface area contributed by atoms with Gasteiger partial charge in [-0.1, -0.05) is 41.0 Å². The van der Waals surface area contributed by atoms with Crippen LogP contribution in [0.4, 0.5) is 14.5 Å². The molecular formula is C26H20Cl3F2N3O4S. The van der Waals surface area contributed by atoms with Crippen molar-refractivity contribution < 1.29 is 23.5 Å². The number of phenols is 1. The van der Waals surface area contributed by atoms with E-state index in [2.05, 4.69) is 0 Å². The molecule has 2 amide bonds. The molecule has 204 valence electrons. The second-order valence-corrected chi connectivity index (χ2v) is 11.5. The minimum atomic E-state index is -3.90. The summed E-state index contributed by atoms with van der Waals surface area (Å²) in [6, 6.07) is 8.77. The number of anilines is 1. The van der Waals surface area contributed by atoms with Crippen LogP contribution in [0, 0.1) is 0 Å². The number of amides is 2. The lowest BCUT2D eigenvalue weighted by Gasteiger charge is -2.27. The molecule has 2 aromatic carbocycles. The van der Waals surface area contributed by atoms with Gasteiger partial charge in [0, 0.05) is 35.8 Å². The molecule has 5 rings (SSSR count). The number of alkyl halides is 3. The average molecular weight is 615 g/mol. The molecule has 2 aliphatic heterocycles. The van der Waals surface area contributed by atoms with Crippen molar-refractivity contribution in [3.8, 4) is 5.75 Å². The highest BCUT2D eigenvalue weighted by atomic mass is 35.5. The highest BCUT2D eigenvalue weighted by Crippen LogP contribution is 2.42. The van der Waals surface area contributed by atoms with E-state index in [-0.39, 0.29) is 50.1 Å².